The predicted octanol–water partition coefficient (Wildman–Crippen LogP) is 5.83. The Balaban J connectivity index is 1.57. The van der Waals surface area contributed by atoms with Crippen LogP contribution in [0.5, 0.6) is 5.75 Å². The molecule has 0 N–H and O–H groups in total. The molecule has 5 rings (SSSR count). The molecule has 0 aliphatic carbocycles. The fourth-order valence-electron chi connectivity index (χ4n) is 4.63. The minimum Gasteiger partial charge on any atom is -0.495 e. The molecule has 162 valence electrons. The van der Waals surface area contributed by atoms with E-state index < -0.39 is 0 Å². The molecule has 2 unspecified atom stereocenters. The summed E-state index contributed by atoms with van der Waals surface area (Å²) >= 11 is 6.23. The zero-order valence-electron chi connectivity index (χ0n) is 18.0. The van der Waals surface area contributed by atoms with Gasteiger partial charge < -0.3 is 14.2 Å². The van der Waals surface area contributed by atoms with Crippen molar-refractivity contribution in [3.8, 4) is 5.75 Å². The molecule has 5 nitrogen and oxygen atoms in total. The topological polar surface area (TPSA) is 47.4 Å². The van der Waals surface area contributed by atoms with Crippen LogP contribution in [-0.2, 0) is 4.79 Å². The quantitative estimate of drug-likeness (QED) is 0.388. The van der Waals surface area contributed by atoms with Gasteiger partial charge >= 0.3 is 0 Å². The van der Waals surface area contributed by atoms with Crippen LogP contribution >= 0.6 is 11.6 Å². The Kier molecular flexibility index (Phi) is 5.35. The number of hydrogen-bond acceptors (Lipinski definition) is 3. The van der Waals surface area contributed by atoms with Crippen LogP contribution in [0.1, 0.15) is 36.7 Å². The zero-order valence-corrected chi connectivity index (χ0v) is 18.8. The third-order valence-corrected chi connectivity index (χ3v) is 6.45. The van der Waals surface area contributed by atoms with E-state index in [9.17, 15) is 4.79 Å². The second kappa shape index (κ2) is 8.32. The van der Waals surface area contributed by atoms with Gasteiger partial charge in [-0.15, -0.1) is 0 Å². The molecule has 32 heavy (non-hydrogen) atoms. The second-order valence-electron chi connectivity index (χ2n) is 8.14. The molecule has 3 aromatic carbocycles. The van der Waals surface area contributed by atoms with Crippen LogP contribution in [0.4, 0.5) is 5.69 Å². The van der Waals surface area contributed by atoms with E-state index in [1.165, 1.54) is 5.56 Å². The molecule has 1 aliphatic heterocycles. The Labute approximate surface area is 192 Å². The highest BCUT2D eigenvalue weighted by Crippen LogP contribution is 2.39. The number of carbonyl (C=O) groups excluding carboxylic acids is 1. The van der Waals surface area contributed by atoms with Crippen molar-refractivity contribution in [3.63, 3.8) is 0 Å². The summed E-state index contributed by atoms with van der Waals surface area (Å²) in [5.74, 6) is 1.57. The van der Waals surface area contributed by atoms with Gasteiger partial charge in [-0.3, -0.25) is 4.79 Å². The number of nitrogens with zero attached hydrogens (tertiary/aromatic N) is 3. The van der Waals surface area contributed by atoms with Gasteiger partial charge in [-0.25, -0.2) is 4.98 Å². The highest BCUT2D eigenvalue weighted by molar-refractivity contribution is 6.31. The summed E-state index contributed by atoms with van der Waals surface area (Å²) in [6.45, 7) is 2.71. The number of amides is 1. The monoisotopic (exact) mass is 445 g/mol. The third-order valence-electron chi connectivity index (χ3n) is 6.21. The Hall–Kier alpha value is -3.31. The van der Waals surface area contributed by atoms with Gasteiger partial charge in [-0.05, 0) is 42.8 Å². The summed E-state index contributed by atoms with van der Waals surface area (Å²) in [5.41, 5.74) is 3.92. The van der Waals surface area contributed by atoms with Gasteiger partial charge in [0.05, 0.1) is 29.9 Å². The summed E-state index contributed by atoms with van der Waals surface area (Å²) in [6, 6.07) is 24.0. The lowest BCUT2D eigenvalue weighted by Gasteiger charge is -2.22. The number of ether oxygens (including phenoxy) is 1. The SMILES string of the molecule is COc1ccc(Cl)cc1N1CC(c2nc3ccccc3n2C(C)c2ccccc2)CC1=O. The number of anilines is 1. The number of hydrogen-bond donors (Lipinski definition) is 0. The van der Waals surface area contributed by atoms with Crippen molar-refractivity contribution in [1.82, 2.24) is 9.55 Å². The Morgan fingerprint density at radius 1 is 1.06 bits per heavy atom. The van der Waals surface area contributed by atoms with Crippen LogP contribution in [0.2, 0.25) is 5.02 Å². The van der Waals surface area contributed by atoms with Gasteiger partial charge in [0.2, 0.25) is 5.91 Å². The first-order valence-electron chi connectivity index (χ1n) is 10.7. The minimum absolute atomic E-state index is 0.0373. The maximum absolute atomic E-state index is 13.1. The van der Waals surface area contributed by atoms with Gasteiger partial charge in [0.15, 0.2) is 0 Å². The van der Waals surface area contributed by atoms with Crippen LogP contribution in [0.15, 0.2) is 72.8 Å². The van der Waals surface area contributed by atoms with E-state index in [2.05, 4.69) is 41.8 Å². The van der Waals surface area contributed by atoms with Crippen molar-refractivity contribution >= 4 is 34.2 Å². The van der Waals surface area contributed by atoms with Gasteiger partial charge in [-0.1, -0.05) is 54.1 Å². The largest absolute Gasteiger partial charge is 0.495 e. The molecule has 0 bridgehead atoms. The standard InChI is InChI=1S/C26H24ClN3O2/c1-17(18-8-4-3-5-9-18)30-22-11-7-6-10-21(22)28-26(30)19-14-25(31)29(16-19)23-15-20(27)12-13-24(23)32-2/h3-13,15,17,19H,14,16H2,1-2H3. The number of benzene rings is 3. The number of fused-ring (bicyclic) bond motifs is 1. The zero-order chi connectivity index (χ0) is 22.2. The average molecular weight is 446 g/mol. The summed E-state index contributed by atoms with van der Waals surface area (Å²) < 4.78 is 7.78. The van der Waals surface area contributed by atoms with Crippen LogP contribution in [0.25, 0.3) is 11.0 Å². The van der Waals surface area contributed by atoms with E-state index in [0.29, 0.717) is 29.4 Å². The number of imidazole rings is 1. The molecule has 2 heterocycles. The lowest BCUT2D eigenvalue weighted by molar-refractivity contribution is -0.117. The van der Waals surface area contributed by atoms with E-state index in [1.807, 2.05) is 24.3 Å². The Bertz CT molecular complexity index is 1280. The molecule has 1 fully saturated rings. The fraction of sp³-hybridized carbons (Fsp3) is 0.231. The molecule has 1 amide bonds. The molecule has 2 atom stereocenters. The van der Waals surface area contributed by atoms with Gasteiger partial charge in [-0.2, -0.15) is 0 Å². The van der Waals surface area contributed by atoms with E-state index in [1.54, 1.807) is 30.2 Å². The predicted molar refractivity (Wildman–Crippen MR) is 128 cm³/mol. The molecular formula is C26H24ClN3O2. The van der Waals surface area contributed by atoms with E-state index in [-0.39, 0.29) is 17.9 Å². The maximum Gasteiger partial charge on any atom is 0.227 e. The molecule has 1 saturated heterocycles. The highest BCUT2D eigenvalue weighted by Gasteiger charge is 2.36. The summed E-state index contributed by atoms with van der Waals surface area (Å²) in [4.78, 5) is 19.9. The first-order chi connectivity index (χ1) is 15.6. The number of para-hydroxylation sites is 2. The van der Waals surface area contributed by atoms with Crippen molar-refractivity contribution in [1.29, 1.82) is 0 Å². The first kappa shape index (κ1) is 20.6. The Morgan fingerprint density at radius 2 is 1.81 bits per heavy atom. The highest BCUT2D eigenvalue weighted by atomic mass is 35.5. The number of halogens is 1. The Morgan fingerprint density at radius 3 is 2.59 bits per heavy atom. The fourth-order valence-corrected chi connectivity index (χ4v) is 4.79. The molecular weight excluding hydrogens is 422 g/mol. The maximum atomic E-state index is 13.1. The van der Waals surface area contributed by atoms with Crippen molar-refractivity contribution in [2.24, 2.45) is 0 Å². The van der Waals surface area contributed by atoms with Crippen LogP contribution in [0, 0.1) is 0 Å². The number of rotatable bonds is 5. The van der Waals surface area contributed by atoms with Gasteiger partial charge in [0.1, 0.15) is 11.6 Å². The van der Waals surface area contributed by atoms with Crippen LogP contribution in [-0.4, -0.2) is 29.1 Å². The van der Waals surface area contributed by atoms with Gasteiger partial charge in [0, 0.05) is 23.9 Å². The molecule has 4 aromatic rings. The molecule has 1 aromatic heterocycles. The lowest BCUT2D eigenvalue weighted by atomic mass is 10.0. The minimum atomic E-state index is -0.0373. The normalized spacial score (nSPS) is 17.2. The van der Waals surface area contributed by atoms with Gasteiger partial charge in [0.25, 0.3) is 0 Å². The molecule has 1 aliphatic rings. The third kappa shape index (κ3) is 3.53. The summed E-state index contributed by atoms with van der Waals surface area (Å²) in [6.07, 6.45) is 0.389. The summed E-state index contributed by atoms with van der Waals surface area (Å²) in [5, 5.41) is 0.571. The molecule has 0 saturated carbocycles. The number of aromatic nitrogens is 2. The smallest absolute Gasteiger partial charge is 0.227 e. The molecule has 6 heteroatoms. The van der Waals surface area contributed by atoms with Crippen LogP contribution < -0.4 is 9.64 Å². The van der Waals surface area contributed by atoms with Crippen LogP contribution in [0.3, 0.4) is 0 Å². The van der Waals surface area contributed by atoms with Crippen molar-refractivity contribution in [2.45, 2.75) is 25.3 Å². The number of methoxy groups -OCH3 is 1. The van der Waals surface area contributed by atoms with Crippen molar-refractivity contribution < 1.29 is 9.53 Å². The summed E-state index contributed by atoms with van der Waals surface area (Å²) in [7, 11) is 1.60. The van der Waals surface area contributed by atoms with Crippen molar-refractivity contribution in [3.05, 3.63) is 89.2 Å². The second-order valence-corrected chi connectivity index (χ2v) is 8.57. The van der Waals surface area contributed by atoms with E-state index >= 15 is 0 Å². The first-order valence-corrected chi connectivity index (χ1v) is 11.1. The average Bonchev–Trinajstić information content (AvgIpc) is 3.39. The number of carbonyl (C=O) groups is 1. The van der Waals surface area contributed by atoms with E-state index in [4.69, 9.17) is 21.3 Å². The van der Waals surface area contributed by atoms with Crippen molar-refractivity contribution in [2.75, 3.05) is 18.6 Å². The molecule has 0 radical (unpaired) electrons. The lowest BCUT2D eigenvalue weighted by Crippen LogP contribution is -2.25. The van der Waals surface area contributed by atoms with E-state index in [0.717, 1.165) is 16.9 Å². The molecule has 0 spiro atoms.